The number of hydrogen-bond donors (Lipinski definition) is 1. The number of aromatic nitrogens is 3. The van der Waals surface area contributed by atoms with E-state index in [0.717, 1.165) is 5.52 Å². The Labute approximate surface area is 92.9 Å². The van der Waals surface area contributed by atoms with Crippen molar-refractivity contribution >= 4 is 16.9 Å². The molecule has 0 radical (unpaired) electrons. The van der Waals surface area contributed by atoms with E-state index in [4.69, 9.17) is 0 Å². The van der Waals surface area contributed by atoms with Crippen LogP contribution in [0.4, 0.5) is 10.2 Å². The molecule has 84 valence electrons. The summed E-state index contributed by atoms with van der Waals surface area (Å²) in [5.74, 6) is 0.566. The Morgan fingerprint density at radius 3 is 2.69 bits per heavy atom. The topological polar surface area (TPSA) is 50.7 Å². The molecule has 2 heterocycles. The number of nitrogens with one attached hydrogen (secondary N) is 1. The second-order valence-corrected chi connectivity index (χ2v) is 4.16. The Kier molecular flexibility index (Phi) is 2.68. The second-order valence-electron chi connectivity index (χ2n) is 4.16. The average molecular weight is 220 g/mol. The van der Waals surface area contributed by atoms with Gasteiger partial charge in [0.2, 0.25) is 0 Å². The molecule has 0 saturated heterocycles. The first-order valence-corrected chi connectivity index (χ1v) is 5.05. The van der Waals surface area contributed by atoms with Crippen molar-refractivity contribution in [1.29, 1.82) is 0 Å². The van der Waals surface area contributed by atoms with E-state index in [1.165, 1.54) is 13.8 Å². The molecule has 4 nitrogen and oxygen atoms in total. The van der Waals surface area contributed by atoms with Gasteiger partial charge in [0.15, 0.2) is 5.82 Å². The van der Waals surface area contributed by atoms with Gasteiger partial charge < -0.3 is 5.32 Å². The summed E-state index contributed by atoms with van der Waals surface area (Å²) in [5, 5.41) is 2.94. The number of halogens is 1. The summed E-state index contributed by atoms with van der Waals surface area (Å²) in [5.41, 5.74) is 0.123. The van der Waals surface area contributed by atoms with Gasteiger partial charge in [-0.25, -0.2) is 14.4 Å². The Morgan fingerprint density at radius 1 is 1.19 bits per heavy atom. The lowest BCUT2D eigenvalue weighted by atomic mass is 10.2. The van der Waals surface area contributed by atoms with Crippen molar-refractivity contribution in [1.82, 2.24) is 15.0 Å². The molecule has 0 amide bonds. The van der Waals surface area contributed by atoms with E-state index in [9.17, 15) is 4.39 Å². The van der Waals surface area contributed by atoms with Crippen molar-refractivity contribution in [3.63, 3.8) is 0 Å². The predicted molar refractivity (Wildman–Crippen MR) is 61.0 cm³/mol. The van der Waals surface area contributed by atoms with Gasteiger partial charge in [0, 0.05) is 25.1 Å². The van der Waals surface area contributed by atoms with Crippen LogP contribution in [0.2, 0.25) is 0 Å². The predicted octanol–water partition coefficient (Wildman–Crippen LogP) is 2.18. The van der Waals surface area contributed by atoms with Gasteiger partial charge in [-0.2, -0.15) is 0 Å². The van der Waals surface area contributed by atoms with E-state index in [-0.39, 0.29) is 6.54 Å². The molecule has 0 atom stereocenters. The highest BCUT2D eigenvalue weighted by molar-refractivity contribution is 5.84. The largest absolute Gasteiger partial charge is 0.365 e. The quantitative estimate of drug-likeness (QED) is 0.861. The first-order valence-electron chi connectivity index (χ1n) is 5.05. The molecule has 16 heavy (non-hydrogen) atoms. The lowest BCUT2D eigenvalue weighted by Gasteiger charge is -2.15. The van der Waals surface area contributed by atoms with Crippen LogP contribution in [0.15, 0.2) is 24.7 Å². The minimum Gasteiger partial charge on any atom is -0.365 e. The minimum atomic E-state index is -1.29. The Balaban J connectivity index is 2.30. The highest BCUT2D eigenvalue weighted by atomic mass is 19.1. The lowest BCUT2D eigenvalue weighted by molar-refractivity contribution is 0.235. The van der Waals surface area contributed by atoms with Gasteiger partial charge in [0.1, 0.15) is 11.2 Å². The van der Waals surface area contributed by atoms with E-state index in [0.29, 0.717) is 11.3 Å². The van der Waals surface area contributed by atoms with Crippen molar-refractivity contribution in [3.05, 3.63) is 24.7 Å². The summed E-state index contributed by atoms with van der Waals surface area (Å²) in [7, 11) is 0. The zero-order valence-corrected chi connectivity index (χ0v) is 9.24. The molecule has 0 unspecified atom stereocenters. The molecule has 0 aliphatic carbocycles. The molecule has 0 saturated carbocycles. The molecule has 1 N–H and O–H groups in total. The van der Waals surface area contributed by atoms with Crippen molar-refractivity contribution in [3.8, 4) is 0 Å². The van der Waals surface area contributed by atoms with Crippen LogP contribution >= 0.6 is 0 Å². The summed E-state index contributed by atoms with van der Waals surface area (Å²) in [6, 6.07) is 1.77. The zero-order chi connectivity index (χ0) is 11.6. The average Bonchev–Trinajstić information content (AvgIpc) is 2.25. The molecule has 2 aromatic rings. The SMILES string of the molecule is CC(C)(F)CNc1nccc2nccnc12. The van der Waals surface area contributed by atoms with Gasteiger partial charge >= 0.3 is 0 Å². The molecule has 0 aromatic carbocycles. The summed E-state index contributed by atoms with van der Waals surface area (Å²) < 4.78 is 13.3. The number of anilines is 1. The number of nitrogens with zero attached hydrogens (tertiary/aromatic N) is 3. The summed E-state index contributed by atoms with van der Waals surface area (Å²) in [6.45, 7) is 3.21. The maximum absolute atomic E-state index is 13.3. The van der Waals surface area contributed by atoms with Crippen LogP contribution in [0.25, 0.3) is 11.0 Å². The molecule has 2 rings (SSSR count). The maximum atomic E-state index is 13.3. The molecule has 0 fully saturated rings. The highest BCUT2D eigenvalue weighted by Gasteiger charge is 2.15. The Bertz CT molecular complexity index is 487. The third kappa shape index (κ3) is 2.42. The fourth-order valence-electron chi connectivity index (χ4n) is 1.32. The zero-order valence-electron chi connectivity index (χ0n) is 9.24. The number of pyridine rings is 1. The van der Waals surface area contributed by atoms with Crippen molar-refractivity contribution in [2.75, 3.05) is 11.9 Å². The summed E-state index contributed by atoms with van der Waals surface area (Å²) in [4.78, 5) is 12.5. The third-order valence-electron chi connectivity index (χ3n) is 2.06. The normalized spacial score (nSPS) is 11.7. The fourth-order valence-corrected chi connectivity index (χ4v) is 1.32. The highest BCUT2D eigenvalue weighted by Crippen LogP contribution is 2.17. The van der Waals surface area contributed by atoms with Crippen LogP contribution in [0.5, 0.6) is 0 Å². The second kappa shape index (κ2) is 4.00. The molecule has 2 aromatic heterocycles. The van der Waals surface area contributed by atoms with Crippen LogP contribution in [-0.2, 0) is 0 Å². The van der Waals surface area contributed by atoms with Gasteiger partial charge in [-0.1, -0.05) is 0 Å². The van der Waals surface area contributed by atoms with E-state index >= 15 is 0 Å². The van der Waals surface area contributed by atoms with Crippen LogP contribution in [0.1, 0.15) is 13.8 Å². The summed E-state index contributed by atoms with van der Waals surface area (Å²) in [6.07, 6.45) is 4.84. The number of fused-ring (bicyclic) bond motifs is 1. The maximum Gasteiger partial charge on any atom is 0.154 e. The van der Waals surface area contributed by atoms with Crippen LogP contribution in [-0.4, -0.2) is 27.2 Å². The van der Waals surface area contributed by atoms with Crippen LogP contribution < -0.4 is 5.32 Å². The smallest absolute Gasteiger partial charge is 0.154 e. The molecule has 0 aliphatic rings. The molecule has 0 bridgehead atoms. The lowest BCUT2D eigenvalue weighted by Crippen LogP contribution is -2.24. The molecule has 0 aliphatic heterocycles. The standard InChI is InChI=1S/C11H13FN4/c1-11(2,12)7-16-10-9-8(3-4-15-10)13-5-6-14-9/h3-6H,7H2,1-2H3,(H,15,16). The first-order chi connectivity index (χ1) is 7.56. The molecule has 0 spiro atoms. The van der Waals surface area contributed by atoms with Crippen molar-refractivity contribution < 1.29 is 4.39 Å². The van der Waals surface area contributed by atoms with Crippen molar-refractivity contribution in [2.24, 2.45) is 0 Å². The Hall–Kier alpha value is -1.78. The van der Waals surface area contributed by atoms with E-state index in [1.54, 1.807) is 24.7 Å². The molecular formula is C11H13FN4. The minimum absolute atomic E-state index is 0.190. The van der Waals surface area contributed by atoms with E-state index in [1.807, 2.05) is 0 Å². The molecular weight excluding hydrogens is 207 g/mol. The Morgan fingerprint density at radius 2 is 1.94 bits per heavy atom. The number of alkyl halides is 1. The fraction of sp³-hybridized carbons (Fsp3) is 0.364. The third-order valence-corrected chi connectivity index (χ3v) is 2.06. The van der Waals surface area contributed by atoms with Crippen LogP contribution in [0, 0.1) is 0 Å². The van der Waals surface area contributed by atoms with Gasteiger partial charge in [0.25, 0.3) is 0 Å². The van der Waals surface area contributed by atoms with Gasteiger partial charge in [0.05, 0.1) is 5.52 Å². The first kappa shape index (κ1) is 10.7. The number of hydrogen-bond acceptors (Lipinski definition) is 4. The van der Waals surface area contributed by atoms with Gasteiger partial charge in [-0.3, -0.25) is 4.98 Å². The summed E-state index contributed by atoms with van der Waals surface area (Å²) >= 11 is 0. The molecule has 5 heteroatoms. The van der Waals surface area contributed by atoms with Crippen molar-refractivity contribution in [2.45, 2.75) is 19.5 Å². The van der Waals surface area contributed by atoms with Gasteiger partial charge in [-0.15, -0.1) is 0 Å². The number of rotatable bonds is 3. The van der Waals surface area contributed by atoms with E-state index in [2.05, 4.69) is 20.3 Å². The monoisotopic (exact) mass is 220 g/mol. The van der Waals surface area contributed by atoms with E-state index < -0.39 is 5.67 Å². The van der Waals surface area contributed by atoms with Gasteiger partial charge in [-0.05, 0) is 19.9 Å². The van der Waals surface area contributed by atoms with Crippen LogP contribution in [0.3, 0.4) is 0 Å².